The highest BCUT2D eigenvalue weighted by atomic mass is 35.5. The number of hydrogen-bond acceptors (Lipinski definition) is 4. The zero-order chi connectivity index (χ0) is 15.4. The molecule has 0 amide bonds. The highest BCUT2D eigenvalue weighted by Gasteiger charge is 2.13. The van der Waals surface area contributed by atoms with Crippen molar-refractivity contribution in [1.29, 1.82) is 0 Å². The van der Waals surface area contributed by atoms with Crippen molar-refractivity contribution in [3.8, 4) is 0 Å². The minimum Gasteiger partial charge on any atom is -0.462 e. The highest BCUT2D eigenvalue weighted by Crippen LogP contribution is 2.26. The summed E-state index contributed by atoms with van der Waals surface area (Å²) in [6, 6.07) is 8.78. The Kier molecular flexibility index (Phi) is 4.65. The Balaban J connectivity index is 2.37. The van der Waals surface area contributed by atoms with Gasteiger partial charge in [-0.05, 0) is 43.3 Å². The lowest BCUT2D eigenvalue weighted by atomic mass is 10.1. The van der Waals surface area contributed by atoms with Gasteiger partial charge in [0.1, 0.15) is 5.82 Å². The molecule has 0 radical (unpaired) electrons. The SMILES string of the molecule is CCOC(=O)c1cc(N)ccc1Nc1cc(F)cc(Cl)c1. The van der Waals surface area contributed by atoms with Crippen molar-refractivity contribution in [2.75, 3.05) is 17.7 Å². The number of nitrogens with two attached hydrogens (primary N) is 1. The molecule has 0 fully saturated rings. The van der Waals surface area contributed by atoms with Crippen LogP contribution in [0.15, 0.2) is 36.4 Å². The monoisotopic (exact) mass is 308 g/mol. The van der Waals surface area contributed by atoms with Crippen molar-refractivity contribution in [3.63, 3.8) is 0 Å². The van der Waals surface area contributed by atoms with E-state index in [2.05, 4.69) is 5.32 Å². The zero-order valence-corrected chi connectivity index (χ0v) is 12.1. The highest BCUT2D eigenvalue weighted by molar-refractivity contribution is 6.30. The van der Waals surface area contributed by atoms with Crippen molar-refractivity contribution in [3.05, 3.63) is 52.8 Å². The van der Waals surface area contributed by atoms with Gasteiger partial charge in [-0.15, -0.1) is 0 Å². The number of carbonyl (C=O) groups excluding carboxylic acids is 1. The normalized spacial score (nSPS) is 10.2. The number of benzene rings is 2. The third-order valence-electron chi connectivity index (χ3n) is 2.68. The Bertz CT molecular complexity index is 656. The van der Waals surface area contributed by atoms with Crippen LogP contribution in [-0.4, -0.2) is 12.6 Å². The summed E-state index contributed by atoms with van der Waals surface area (Å²) >= 11 is 5.80. The molecular weight excluding hydrogens is 295 g/mol. The van der Waals surface area contributed by atoms with E-state index in [-0.39, 0.29) is 17.2 Å². The van der Waals surface area contributed by atoms with E-state index in [4.69, 9.17) is 22.1 Å². The van der Waals surface area contributed by atoms with Gasteiger partial charge in [-0.25, -0.2) is 9.18 Å². The van der Waals surface area contributed by atoms with E-state index in [1.165, 1.54) is 18.2 Å². The Morgan fingerprint density at radius 2 is 2.10 bits per heavy atom. The Morgan fingerprint density at radius 1 is 1.33 bits per heavy atom. The number of rotatable bonds is 4. The molecule has 0 aliphatic carbocycles. The van der Waals surface area contributed by atoms with Crippen molar-refractivity contribution < 1.29 is 13.9 Å². The van der Waals surface area contributed by atoms with E-state index in [0.717, 1.165) is 0 Å². The van der Waals surface area contributed by atoms with Crippen LogP contribution in [0.25, 0.3) is 0 Å². The first-order chi connectivity index (χ1) is 9.99. The van der Waals surface area contributed by atoms with E-state index < -0.39 is 11.8 Å². The Morgan fingerprint density at radius 3 is 2.76 bits per heavy atom. The van der Waals surface area contributed by atoms with Gasteiger partial charge in [0.25, 0.3) is 0 Å². The lowest BCUT2D eigenvalue weighted by molar-refractivity contribution is 0.0527. The van der Waals surface area contributed by atoms with Crippen molar-refractivity contribution in [2.45, 2.75) is 6.92 Å². The van der Waals surface area contributed by atoms with Gasteiger partial charge in [0, 0.05) is 16.4 Å². The summed E-state index contributed by atoms with van der Waals surface area (Å²) in [4.78, 5) is 11.9. The van der Waals surface area contributed by atoms with E-state index >= 15 is 0 Å². The van der Waals surface area contributed by atoms with Crippen LogP contribution in [0.1, 0.15) is 17.3 Å². The first kappa shape index (κ1) is 15.1. The number of esters is 1. The predicted octanol–water partition coefficient (Wildman–Crippen LogP) is 3.98. The predicted molar refractivity (Wildman–Crippen MR) is 81.5 cm³/mol. The molecular formula is C15H14ClFN2O2. The third kappa shape index (κ3) is 3.86. The van der Waals surface area contributed by atoms with Gasteiger partial charge < -0.3 is 15.8 Å². The number of carbonyl (C=O) groups is 1. The third-order valence-corrected chi connectivity index (χ3v) is 2.90. The molecule has 110 valence electrons. The van der Waals surface area contributed by atoms with Crippen LogP contribution in [0.5, 0.6) is 0 Å². The smallest absolute Gasteiger partial charge is 0.340 e. The maximum absolute atomic E-state index is 13.3. The van der Waals surface area contributed by atoms with Crippen LogP contribution < -0.4 is 11.1 Å². The van der Waals surface area contributed by atoms with E-state index in [0.29, 0.717) is 17.1 Å². The van der Waals surface area contributed by atoms with Gasteiger partial charge in [-0.3, -0.25) is 0 Å². The zero-order valence-electron chi connectivity index (χ0n) is 11.3. The summed E-state index contributed by atoms with van der Waals surface area (Å²) in [5.74, 6) is -0.979. The topological polar surface area (TPSA) is 64.3 Å². The molecule has 0 unspecified atom stereocenters. The van der Waals surface area contributed by atoms with Crippen LogP contribution >= 0.6 is 11.6 Å². The second-order valence-electron chi connectivity index (χ2n) is 4.31. The average molecular weight is 309 g/mol. The van der Waals surface area contributed by atoms with Crippen molar-refractivity contribution in [2.24, 2.45) is 0 Å². The minimum atomic E-state index is -0.505. The quantitative estimate of drug-likeness (QED) is 0.662. The maximum atomic E-state index is 13.3. The number of nitrogen functional groups attached to an aromatic ring is 1. The largest absolute Gasteiger partial charge is 0.462 e. The maximum Gasteiger partial charge on any atom is 0.340 e. The molecule has 0 spiro atoms. The number of anilines is 3. The van der Waals surface area contributed by atoms with Crippen LogP contribution in [0, 0.1) is 5.82 Å². The van der Waals surface area contributed by atoms with E-state index in [1.54, 1.807) is 25.1 Å². The molecule has 2 aromatic carbocycles. The van der Waals surface area contributed by atoms with Crippen LogP contribution in [0.4, 0.5) is 21.5 Å². The van der Waals surface area contributed by atoms with E-state index in [1.807, 2.05) is 0 Å². The lowest BCUT2D eigenvalue weighted by Gasteiger charge is -2.12. The summed E-state index contributed by atoms with van der Waals surface area (Å²) in [6.45, 7) is 1.96. The molecule has 0 heterocycles. The number of hydrogen-bond donors (Lipinski definition) is 2. The van der Waals surface area contributed by atoms with Gasteiger partial charge in [0.15, 0.2) is 0 Å². The fraction of sp³-hybridized carbons (Fsp3) is 0.133. The molecule has 0 atom stereocenters. The molecule has 0 saturated heterocycles. The molecule has 3 N–H and O–H groups in total. The first-order valence-corrected chi connectivity index (χ1v) is 6.67. The lowest BCUT2D eigenvalue weighted by Crippen LogP contribution is -2.08. The molecule has 6 heteroatoms. The summed E-state index contributed by atoms with van der Waals surface area (Å²) < 4.78 is 18.3. The molecule has 2 rings (SSSR count). The molecule has 2 aromatic rings. The van der Waals surface area contributed by atoms with Gasteiger partial charge in [-0.1, -0.05) is 11.6 Å². The van der Waals surface area contributed by atoms with Gasteiger partial charge in [0.2, 0.25) is 0 Å². The van der Waals surface area contributed by atoms with Crippen LogP contribution in [0.2, 0.25) is 5.02 Å². The summed E-state index contributed by atoms with van der Waals surface area (Å²) in [7, 11) is 0. The van der Waals surface area contributed by atoms with Crippen molar-refractivity contribution in [1.82, 2.24) is 0 Å². The summed E-state index contributed by atoms with van der Waals surface area (Å²) in [5.41, 5.74) is 7.28. The molecule has 4 nitrogen and oxygen atoms in total. The standard InChI is InChI=1S/C15H14ClFN2O2/c1-2-21-15(20)13-8-11(18)3-4-14(13)19-12-6-9(16)5-10(17)7-12/h3-8,19H,2,18H2,1H3. The minimum absolute atomic E-state index is 0.249. The summed E-state index contributed by atoms with van der Waals surface area (Å²) in [5, 5.41) is 3.20. The van der Waals surface area contributed by atoms with Gasteiger partial charge >= 0.3 is 5.97 Å². The molecule has 0 aromatic heterocycles. The second-order valence-corrected chi connectivity index (χ2v) is 4.75. The molecule has 0 bridgehead atoms. The van der Waals surface area contributed by atoms with E-state index in [9.17, 15) is 9.18 Å². The number of nitrogens with one attached hydrogen (secondary N) is 1. The molecule has 0 saturated carbocycles. The first-order valence-electron chi connectivity index (χ1n) is 6.29. The summed E-state index contributed by atoms with van der Waals surface area (Å²) in [6.07, 6.45) is 0. The fourth-order valence-corrected chi connectivity index (χ4v) is 2.05. The van der Waals surface area contributed by atoms with Gasteiger partial charge in [-0.2, -0.15) is 0 Å². The number of ether oxygens (including phenoxy) is 1. The molecule has 0 aliphatic heterocycles. The fourth-order valence-electron chi connectivity index (χ4n) is 1.83. The average Bonchev–Trinajstić information content (AvgIpc) is 2.40. The Hall–Kier alpha value is -2.27. The van der Waals surface area contributed by atoms with Crippen LogP contribution in [-0.2, 0) is 4.74 Å². The molecule has 21 heavy (non-hydrogen) atoms. The molecule has 0 aliphatic rings. The number of halogens is 2. The van der Waals surface area contributed by atoms with Gasteiger partial charge in [0.05, 0.1) is 17.9 Å². The second kappa shape index (κ2) is 6.45. The van der Waals surface area contributed by atoms with Crippen molar-refractivity contribution >= 4 is 34.6 Å². The Labute approximate surface area is 126 Å². The van der Waals surface area contributed by atoms with Crippen LogP contribution in [0.3, 0.4) is 0 Å².